The van der Waals surface area contributed by atoms with Crippen molar-refractivity contribution in [1.82, 2.24) is 4.98 Å². The highest BCUT2D eigenvalue weighted by Gasteiger charge is 2.15. The molecule has 0 aliphatic rings. The molecule has 4 heteroatoms. The van der Waals surface area contributed by atoms with Gasteiger partial charge in [0.05, 0.1) is 5.01 Å². The number of rotatable bonds is 4. The van der Waals surface area contributed by atoms with Crippen LogP contribution in [-0.2, 0) is 6.42 Å². The Labute approximate surface area is 76.8 Å². The molecule has 1 aromatic rings. The van der Waals surface area contributed by atoms with Crippen LogP contribution in [-0.4, -0.2) is 17.1 Å². The summed E-state index contributed by atoms with van der Waals surface area (Å²) >= 11 is 1.67. The Bertz CT molecular complexity index is 218. The third kappa shape index (κ3) is 2.89. The van der Waals surface area contributed by atoms with Crippen molar-refractivity contribution in [3.63, 3.8) is 0 Å². The Kier molecular flexibility index (Phi) is 3.20. The van der Waals surface area contributed by atoms with Gasteiger partial charge >= 0.3 is 0 Å². The van der Waals surface area contributed by atoms with Crippen LogP contribution in [0.25, 0.3) is 0 Å². The second-order valence-electron chi connectivity index (χ2n) is 3.28. The maximum Gasteiger partial charge on any atom is 0.0925 e. The van der Waals surface area contributed by atoms with Crippen LogP contribution in [0.3, 0.4) is 0 Å². The summed E-state index contributed by atoms with van der Waals surface area (Å²) in [6, 6.07) is 0. The summed E-state index contributed by atoms with van der Waals surface area (Å²) in [4.78, 5) is 4.18. The molecule has 1 unspecified atom stereocenters. The van der Waals surface area contributed by atoms with Gasteiger partial charge < -0.3 is 11.5 Å². The van der Waals surface area contributed by atoms with Crippen LogP contribution in [0.15, 0.2) is 11.6 Å². The first kappa shape index (κ1) is 9.64. The van der Waals surface area contributed by atoms with Crippen LogP contribution in [0.1, 0.15) is 18.4 Å². The minimum Gasteiger partial charge on any atom is -0.329 e. The number of hydrogen-bond acceptors (Lipinski definition) is 4. The molecule has 1 heterocycles. The zero-order chi connectivity index (χ0) is 9.03. The van der Waals surface area contributed by atoms with Gasteiger partial charge in [-0.25, -0.2) is 4.98 Å². The molecule has 1 atom stereocenters. The fourth-order valence-electron chi connectivity index (χ4n) is 0.871. The molecule has 0 aromatic carbocycles. The van der Waals surface area contributed by atoms with E-state index in [1.54, 1.807) is 11.3 Å². The molecule has 0 saturated carbocycles. The largest absolute Gasteiger partial charge is 0.329 e. The molecule has 0 saturated heterocycles. The number of hydrogen-bond donors (Lipinski definition) is 2. The van der Waals surface area contributed by atoms with Crippen molar-refractivity contribution < 1.29 is 0 Å². The van der Waals surface area contributed by atoms with Crippen molar-refractivity contribution in [2.75, 3.05) is 6.54 Å². The van der Waals surface area contributed by atoms with E-state index in [9.17, 15) is 0 Å². The second kappa shape index (κ2) is 3.98. The molecule has 0 spiro atoms. The minimum atomic E-state index is -0.244. The number of aromatic nitrogens is 1. The van der Waals surface area contributed by atoms with Crippen molar-refractivity contribution in [2.45, 2.75) is 25.3 Å². The first-order valence-electron chi connectivity index (χ1n) is 4.01. The predicted molar refractivity (Wildman–Crippen MR) is 52.1 cm³/mol. The molecule has 0 fully saturated rings. The normalized spacial score (nSPS) is 15.9. The van der Waals surface area contributed by atoms with Crippen LogP contribution in [0.5, 0.6) is 0 Å². The van der Waals surface area contributed by atoms with E-state index < -0.39 is 0 Å². The molecule has 1 aromatic heterocycles. The summed E-state index contributed by atoms with van der Waals surface area (Å²) < 4.78 is 0. The molecule has 0 aliphatic heterocycles. The lowest BCUT2D eigenvalue weighted by molar-refractivity contribution is 0.443. The van der Waals surface area contributed by atoms with Crippen molar-refractivity contribution in [3.8, 4) is 0 Å². The van der Waals surface area contributed by atoms with Gasteiger partial charge in [-0.2, -0.15) is 0 Å². The van der Waals surface area contributed by atoms with E-state index in [-0.39, 0.29) is 5.54 Å². The summed E-state index contributed by atoms with van der Waals surface area (Å²) in [5.74, 6) is 0. The summed E-state index contributed by atoms with van der Waals surface area (Å²) in [5, 5.41) is 3.12. The average Bonchev–Trinajstić information content (AvgIpc) is 2.53. The molecule has 0 radical (unpaired) electrons. The molecule has 0 amide bonds. The van der Waals surface area contributed by atoms with E-state index in [0.29, 0.717) is 6.54 Å². The molecule has 0 bridgehead atoms. The smallest absolute Gasteiger partial charge is 0.0925 e. The van der Waals surface area contributed by atoms with Crippen molar-refractivity contribution in [2.24, 2.45) is 11.5 Å². The second-order valence-corrected chi connectivity index (χ2v) is 4.26. The standard InChI is InChI=1S/C8H15N3S/c1-8(10,6-9)3-2-7-11-4-5-12-7/h4-5H,2-3,6,9-10H2,1H3. The van der Waals surface area contributed by atoms with Gasteiger partial charge in [0.25, 0.3) is 0 Å². The van der Waals surface area contributed by atoms with Crippen molar-refractivity contribution in [1.29, 1.82) is 0 Å². The molecule has 1 rings (SSSR count). The Morgan fingerprint density at radius 2 is 2.42 bits per heavy atom. The van der Waals surface area contributed by atoms with E-state index >= 15 is 0 Å². The Morgan fingerprint density at radius 1 is 1.67 bits per heavy atom. The average molecular weight is 185 g/mol. The Balaban J connectivity index is 2.36. The lowest BCUT2D eigenvalue weighted by Gasteiger charge is -2.21. The number of thiazole rings is 1. The first-order valence-corrected chi connectivity index (χ1v) is 4.89. The summed E-state index contributed by atoms with van der Waals surface area (Å²) in [5.41, 5.74) is 11.1. The maximum atomic E-state index is 5.88. The lowest BCUT2D eigenvalue weighted by atomic mass is 9.98. The van der Waals surface area contributed by atoms with Gasteiger partial charge in [-0.1, -0.05) is 0 Å². The zero-order valence-electron chi connectivity index (χ0n) is 7.29. The monoisotopic (exact) mass is 185 g/mol. The summed E-state index contributed by atoms with van der Waals surface area (Å²) in [6.45, 7) is 2.50. The molecule has 4 N–H and O–H groups in total. The Morgan fingerprint density at radius 3 is 2.92 bits per heavy atom. The van der Waals surface area contributed by atoms with E-state index in [2.05, 4.69) is 4.98 Å². The molecule has 3 nitrogen and oxygen atoms in total. The van der Waals surface area contributed by atoms with Gasteiger partial charge in [0.1, 0.15) is 0 Å². The number of nitrogens with zero attached hydrogens (tertiary/aromatic N) is 1. The van der Waals surface area contributed by atoms with Gasteiger partial charge in [-0.15, -0.1) is 11.3 Å². The summed E-state index contributed by atoms with van der Waals surface area (Å²) in [7, 11) is 0. The number of aryl methyl sites for hydroxylation is 1. The lowest BCUT2D eigenvalue weighted by Crippen LogP contribution is -2.44. The third-order valence-electron chi connectivity index (χ3n) is 1.86. The van der Waals surface area contributed by atoms with Gasteiger partial charge in [-0.05, 0) is 13.3 Å². The molecular weight excluding hydrogens is 170 g/mol. The molecular formula is C8H15N3S. The maximum absolute atomic E-state index is 5.88. The quantitative estimate of drug-likeness (QED) is 0.727. The molecule has 12 heavy (non-hydrogen) atoms. The van der Waals surface area contributed by atoms with Crippen LogP contribution in [0.2, 0.25) is 0 Å². The SMILES string of the molecule is CC(N)(CN)CCc1nccs1. The van der Waals surface area contributed by atoms with Crippen molar-refractivity contribution >= 4 is 11.3 Å². The molecule has 68 valence electrons. The first-order chi connectivity index (χ1) is 5.64. The Hall–Kier alpha value is -0.450. The fourth-order valence-corrected chi connectivity index (χ4v) is 1.49. The zero-order valence-corrected chi connectivity index (χ0v) is 8.10. The van der Waals surface area contributed by atoms with Crippen LogP contribution >= 0.6 is 11.3 Å². The topological polar surface area (TPSA) is 64.9 Å². The predicted octanol–water partition coefficient (Wildman–Crippen LogP) is 0.752. The minimum absolute atomic E-state index is 0.244. The summed E-state index contributed by atoms with van der Waals surface area (Å²) in [6.07, 6.45) is 3.65. The molecule has 0 aliphatic carbocycles. The van der Waals surface area contributed by atoms with Crippen LogP contribution < -0.4 is 11.5 Å². The van der Waals surface area contributed by atoms with E-state index in [4.69, 9.17) is 11.5 Å². The van der Waals surface area contributed by atoms with Crippen LogP contribution in [0.4, 0.5) is 0 Å². The highest BCUT2D eigenvalue weighted by Crippen LogP contribution is 2.12. The highest BCUT2D eigenvalue weighted by molar-refractivity contribution is 7.09. The van der Waals surface area contributed by atoms with E-state index in [1.165, 1.54) is 0 Å². The fraction of sp³-hybridized carbons (Fsp3) is 0.625. The van der Waals surface area contributed by atoms with E-state index in [0.717, 1.165) is 17.8 Å². The van der Waals surface area contributed by atoms with Gasteiger partial charge in [0.15, 0.2) is 0 Å². The highest BCUT2D eigenvalue weighted by atomic mass is 32.1. The third-order valence-corrected chi connectivity index (χ3v) is 2.70. The van der Waals surface area contributed by atoms with E-state index in [1.807, 2.05) is 18.5 Å². The van der Waals surface area contributed by atoms with Gasteiger partial charge in [0, 0.05) is 30.1 Å². The van der Waals surface area contributed by atoms with Crippen molar-refractivity contribution in [3.05, 3.63) is 16.6 Å². The van der Waals surface area contributed by atoms with Crippen LogP contribution in [0, 0.1) is 0 Å². The van der Waals surface area contributed by atoms with Gasteiger partial charge in [0.2, 0.25) is 0 Å². The number of nitrogens with two attached hydrogens (primary N) is 2. The van der Waals surface area contributed by atoms with Gasteiger partial charge in [-0.3, -0.25) is 0 Å².